The summed E-state index contributed by atoms with van der Waals surface area (Å²) in [5, 5.41) is 15.4. The lowest BCUT2D eigenvalue weighted by atomic mass is 10.0. The summed E-state index contributed by atoms with van der Waals surface area (Å²) in [6.07, 6.45) is 4.83. The molecule has 144 valence electrons. The third-order valence-electron chi connectivity index (χ3n) is 4.33. The van der Waals surface area contributed by atoms with Gasteiger partial charge in [0.25, 0.3) is 5.91 Å². The summed E-state index contributed by atoms with van der Waals surface area (Å²) in [6, 6.07) is 10.8. The second-order valence-corrected chi connectivity index (χ2v) is 6.78. The highest BCUT2D eigenvalue weighted by Crippen LogP contribution is 2.31. The molecule has 1 N–H and O–H groups in total. The topological polar surface area (TPSA) is 98.5 Å². The molecule has 0 atom stereocenters. The van der Waals surface area contributed by atoms with Gasteiger partial charge in [-0.2, -0.15) is 4.80 Å². The Morgan fingerprint density at radius 3 is 2.62 bits per heavy atom. The van der Waals surface area contributed by atoms with Gasteiger partial charge in [-0.05, 0) is 54.1 Å². The van der Waals surface area contributed by atoms with Crippen LogP contribution in [0.15, 0.2) is 55.0 Å². The Balaban J connectivity index is 1.58. The van der Waals surface area contributed by atoms with Crippen molar-refractivity contribution in [2.24, 2.45) is 7.05 Å². The molecule has 0 saturated carbocycles. The number of hydrogen-bond acceptors (Lipinski definition) is 6. The maximum Gasteiger partial charge on any atom is 0.258 e. The van der Waals surface area contributed by atoms with Gasteiger partial charge in [0.05, 0.1) is 12.6 Å². The van der Waals surface area contributed by atoms with E-state index < -0.39 is 0 Å². The van der Waals surface area contributed by atoms with E-state index in [0.717, 1.165) is 22.3 Å². The van der Waals surface area contributed by atoms with Crippen molar-refractivity contribution >= 4 is 23.3 Å². The highest BCUT2D eigenvalue weighted by molar-refractivity contribution is 6.33. The summed E-state index contributed by atoms with van der Waals surface area (Å²) >= 11 is 6.38. The maximum atomic E-state index is 12.4. The molecule has 4 aromatic rings. The normalized spacial score (nSPS) is 10.7. The van der Waals surface area contributed by atoms with Crippen LogP contribution in [0.5, 0.6) is 0 Å². The summed E-state index contributed by atoms with van der Waals surface area (Å²) < 4.78 is 0. The number of aromatic nitrogens is 6. The second-order valence-electron chi connectivity index (χ2n) is 6.37. The van der Waals surface area contributed by atoms with Crippen molar-refractivity contribution in [2.45, 2.75) is 6.92 Å². The fourth-order valence-corrected chi connectivity index (χ4v) is 3.02. The van der Waals surface area contributed by atoms with Gasteiger partial charge in [-0.15, -0.1) is 10.2 Å². The molecule has 0 spiro atoms. The standard InChI is InChI=1S/C20H16ClN7O/c1-12-7-8-22-11-16(12)20(29)24-18-6-4-14(10-23-18)15-9-13(3-5-17(15)21)19-25-27-28(2)26-19/h3-11H,1-2H3,(H,23,24,29). The van der Waals surface area contributed by atoms with E-state index in [1.807, 2.05) is 25.1 Å². The van der Waals surface area contributed by atoms with Crippen molar-refractivity contribution in [1.29, 1.82) is 0 Å². The Labute approximate surface area is 171 Å². The zero-order chi connectivity index (χ0) is 20.4. The van der Waals surface area contributed by atoms with Crippen LogP contribution in [0.1, 0.15) is 15.9 Å². The number of hydrogen-bond donors (Lipinski definition) is 1. The summed E-state index contributed by atoms with van der Waals surface area (Å²) in [5.74, 6) is 0.684. The minimum Gasteiger partial charge on any atom is -0.307 e. The summed E-state index contributed by atoms with van der Waals surface area (Å²) in [4.78, 5) is 22.1. The molecular formula is C20H16ClN7O. The quantitative estimate of drug-likeness (QED) is 0.557. The van der Waals surface area contributed by atoms with Crippen molar-refractivity contribution < 1.29 is 4.79 Å². The zero-order valence-electron chi connectivity index (χ0n) is 15.7. The van der Waals surface area contributed by atoms with Crippen LogP contribution in [-0.4, -0.2) is 36.1 Å². The SMILES string of the molecule is Cc1ccncc1C(=O)Nc1ccc(-c2cc(-c3nnn(C)n3)ccc2Cl)cn1. The van der Waals surface area contributed by atoms with Crippen LogP contribution < -0.4 is 5.32 Å². The van der Waals surface area contributed by atoms with Gasteiger partial charge in [-0.25, -0.2) is 4.98 Å². The third kappa shape index (κ3) is 3.97. The van der Waals surface area contributed by atoms with Gasteiger partial charge in [0.1, 0.15) is 5.82 Å². The van der Waals surface area contributed by atoms with Crippen LogP contribution in [0.4, 0.5) is 5.82 Å². The van der Waals surface area contributed by atoms with Gasteiger partial charge in [-0.1, -0.05) is 11.6 Å². The summed E-state index contributed by atoms with van der Waals surface area (Å²) in [6.45, 7) is 1.86. The number of carbonyl (C=O) groups excluding carboxylic acids is 1. The Morgan fingerprint density at radius 2 is 1.93 bits per heavy atom. The smallest absolute Gasteiger partial charge is 0.258 e. The number of nitrogens with zero attached hydrogens (tertiary/aromatic N) is 6. The highest BCUT2D eigenvalue weighted by Gasteiger charge is 2.12. The lowest BCUT2D eigenvalue weighted by Crippen LogP contribution is -2.14. The molecule has 0 bridgehead atoms. The van der Waals surface area contributed by atoms with E-state index in [1.165, 1.54) is 11.0 Å². The van der Waals surface area contributed by atoms with Gasteiger partial charge >= 0.3 is 0 Å². The Kier molecular flexibility index (Phi) is 5.01. The first-order valence-electron chi connectivity index (χ1n) is 8.73. The number of halogens is 1. The predicted molar refractivity (Wildman–Crippen MR) is 109 cm³/mol. The maximum absolute atomic E-state index is 12.4. The second kappa shape index (κ2) is 7.76. The fraction of sp³-hybridized carbons (Fsp3) is 0.100. The van der Waals surface area contributed by atoms with E-state index in [9.17, 15) is 4.79 Å². The number of tetrazole rings is 1. The number of nitrogens with one attached hydrogen (secondary N) is 1. The van der Waals surface area contributed by atoms with Gasteiger partial charge in [0, 0.05) is 40.3 Å². The average molecular weight is 406 g/mol. The van der Waals surface area contributed by atoms with Crippen molar-refractivity contribution in [3.63, 3.8) is 0 Å². The largest absolute Gasteiger partial charge is 0.307 e. The molecule has 1 aromatic carbocycles. The Morgan fingerprint density at radius 1 is 1.10 bits per heavy atom. The number of anilines is 1. The first-order chi connectivity index (χ1) is 14.0. The van der Waals surface area contributed by atoms with Crippen molar-refractivity contribution in [1.82, 2.24) is 30.2 Å². The predicted octanol–water partition coefficient (Wildman–Crippen LogP) is 3.55. The average Bonchev–Trinajstić information content (AvgIpc) is 3.16. The molecule has 0 unspecified atom stereocenters. The fourth-order valence-electron chi connectivity index (χ4n) is 2.80. The van der Waals surface area contributed by atoms with Crippen LogP contribution in [0.2, 0.25) is 5.02 Å². The van der Waals surface area contributed by atoms with Crippen molar-refractivity contribution in [3.05, 3.63) is 71.1 Å². The van der Waals surface area contributed by atoms with E-state index in [-0.39, 0.29) is 5.91 Å². The number of rotatable bonds is 4. The minimum absolute atomic E-state index is 0.260. The molecule has 0 aliphatic carbocycles. The zero-order valence-corrected chi connectivity index (χ0v) is 16.4. The summed E-state index contributed by atoms with van der Waals surface area (Å²) in [5.41, 5.74) is 3.73. The lowest BCUT2D eigenvalue weighted by Gasteiger charge is -2.09. The van der Waals surface area contributed by atoms with Crippen LogP contribution in [0.3, 0.4) is 0 Å². The van der Waals surface area contributed by atoms with Crippen LogP contribution in [-0.2, 0) is 7.05 Å². The molecule has 3 heterocycles. The number of aryl methyl sites for hydroxylation is 2. The monoisotopic (exact) mass is 405 g/mol. The van der Waals surface area contributed by atoms with Gasteiger partial charge in [0.15, 0.2) is 0 Å². The molecule has 1 amide bonds. The van der Waals surface area contributed by atoms with E-state index in [0.29, 0.717) is 22.2 Å². The van der Waals surface area contributed by atoms with Crippen molar-refractivity contribution in [2.75, 3.05) is 5.32 Å². The minimum atomic E-state index is -0.260. The molecule has 0 aliphatic rings. The number of carbonyl (C=O) groups is 1. The van der Waals surface area contributed by atoms with Crippen LogP contribution >= 0.6 is 11.6 Å². The molecule has 0 fully saturated rings. The lowest BCUT2D eigenvalue weighted by molar-refractivity contribution is 0.102. The van der Waals surface area contributed by atoms with Crippen LogP contribution in [0, 0.1) is 6.92 Å². The van der Waals surface area contributed by atoms with E-state index in [1.54, 1.807) is 37.6 Å². The van der Waals surface area contributed by atoms with Gasteiger partial charge < -0.3 is 5.32 Å². The van der Waals surface area contributed by atoms with Gasteiger partial charge in [0.2, 0.25) is 5.82 Å². The molecule has 0 saturated heterocycles. The van der Waals surface area contributed by atoms with E-state index in [2.05, 4.69) is 30.7 Å². The van der Waals surface area contributed by atoms with E-state index in [4.69, 9.17) is 11.6 Å². The number of amides is 1. The Bertz CT molecular complexity index is 1190. The number of benzene rings is 1. The molecule has 3 aromatic heterocycles. The third-order valence-corrected chi connectivity index (χ3v) is 4.66. The highest BCUT2D eigenvalue weighted by atomic mass is 35.5. The molecular weight excluding hydrogens is 390 g/mol. The molecule has 4 rings (SSSR count). The first-order valence-corrected chi connectivity index (χ1v) is 9.11. The Hall–Kier alpha value is -3.65. The summed E-state index contributed by atoms with van der Waals surface area (Å²) in [7, 11) is 1.71. The van der Waals surface area contributed by atoms with E-state index >= 15 is 0 Å². The van der Waals surface area contributed by atoms with Crippen molar-refractivity contribution in [3.8, 4) is 22.5 Å². The first kappa shape index (κ1) is 18.7. The molecule has 0 radical (unpaired) electrons. The molecule has 9 heteroatoms. The van der Waals surface area contributed by atoms with Gasteiger partial charge in [-0.3, -0.25) is 9.78 Å². The van der Waals surface area contributed by atoms with Crippen LogP contribution in [0.25, 0.3) is 22.5 Å². The molecule has 0 aliphatic heterocycles. The number of pyridine rings is 2. The molecule has 8 nitrogen and oxygen atoms in total. The molecule has 29 heavy (non-hydrogen) atoms.